The predicted octanol–water partition coefficient (Wildman–Crippen LogP) is 4.93. The highest BCUT2D eigenvalue weighted by Gasteiger charge is 2.29. The van der Waals surface area contributed by atoms with Crippen LogP contribution in [0.1, 0.15) is 22.4 Å². The minimum Gasteiger partial charge on any atom is -0.484 e. The predicted molar refractivity (Wildman–Crippen MR) is 141 cm³/mol. The number of carbonyl (C=O) groups excluding carboxylic acids is 1. The number of nitrogens with zero attached hydrogens (tertiary/aromatic N) is 4. The molecule has 192 valence electrons. The Morgan fingerprint density at radius 3 is 2.47 bits per heavy atom. The summed E-state index contributed by atoms with van der Waals surface area (Å²) in [5.74, 6) is 1.38. The van der Waals surface area contributed by atoms with Crippen LogP contribution in [0.15, 0.2) is 78.9 Å². The molecule has 0 spiro atoms. The normalized spacial score (nSPS) is 14.4. The summed E-state index contributed by atoms with van der Waals surface area (Å²) in [7, 11) is 0. The zero-order valence-corrected chi connectivity index (χ0v) is 20.8. The van der Waals surface area contributed by atoms with Gasteiger partial charge in [0.1, 0.15) is 17.3 Å². The number of anilines is 1. The largest absolute Gasteiger partial charge is 0.484 e. The van der Waals surface area contributed by atoms with Crippen molar-refractivity contribution in [3.63, 3.8) is 0 Å². The highest BCUT2D eigenvalue weighted by molar-refractivity contribution is 5.78. The monoisotopic (exact) mass is 510 g/mol. The van der Waals surface area contributed by atoms with Crippen molar-refractivity contribution in [2.75, 3.05) is 24.6 Å². The summed E-state index contributed by atoms with van der Waals surface area (Å²) in [5.41, 5.74) is 4.16. The van der Waals surface area contributed by atoms with Gasteiger partial charge in [0.25, 0.3) is 5.91 Å². The molecule has 0 atom stereocenters. The van der Waals surface area contributed by atoms with Gasteiger partial charge in [-0.05, 0) is 41.8 Å². The lowest BCUT2D eigenvalue weighted by Crippen LogP contribution is -2.40. The van der Waals surface area contributed by atoms with Crippen molar-refractivity contribution in [2.45, 2.75) is 25.9 Å². The molecule has 2 aliphatic rings. The Labute approximate surface area is 220 Å². The third kappa shape index (κ3) is 5.16. The van der Waals surface area contributed by atoms with Crippen molar-refractivity contribution in [1.29, 1.82) is 0 Å². The molecule has 38 heavy (non-hydrogen) atoms. The maximum Gasteiger partial charge on any atom is 0.260 e. The first-order valence-electron chi connectivity index (χ1n) is 12.7. The number of benzene rings is 3. The topological polar surface area (TPSA) is 67.8 Å². The molecular formula is C30H27FN4O3. The van der Waals surface area contributed by atoms with E-state index in [4.69, 9.17) is 19.4 Å². The molecule has 0 N–H and O–H groups in total. The fraction of sp³-hybridized carbons (Fsp3) is 0.233. The second-order valence-electron chi connectivity index (χ2n) is 9.42. The molecular weight excluding hydrogens is 483 g/mol. The van der Waals surface area contributed by atoms with Gasteiger partial charge in [0.15, 0.2) is 6.61 Å². The smallest absolute Gasteiger partial charge is 0.260 e. The zero-order valence-electron chi connectivity index (χ0n) is 20.8. The van der Waals surface area contributed by atoms with Gasteiger partial charge in [0.2, 0.25) is 11.8 Å². The molecule has 6 rings (SSSR count). The molecule has 0 bridgehead atoms. The van der Waals surface area contributed by atoms with Gasteiger partial charge in [-0.2, -0.15) is 4.98 Å². The molecule has 0 saturated carbocycles. The molecule has 1 amide bonds. The van der Waals surface area contributed by atoms with Crippen molar-refractivity contribution in [1.82, 2.24) is 14.9 Å². The Morgan fingerprint density at radius 2 is 1.63 bits per heavy atom. The van der Waals surface area contributed by atoms with Crippen LogP contribution in [0.25, 0.3) is 0 Å². The van der Waals surface area contributed by atoms with Gasteiger partial charge in [0.05, 0.1) is 17.8 Å². The number of hydrogen-bond donors (Lipinski definition) is 0. The van der Waals surface area contributed by atoms with Crippen molar-refractivity contribution in [3.8, 4) is 17.4 Å². The number of halogens is 1. The minimum atomic E-state index is -0.395. The molecule has 0 unspecified atom stereocenters. The summed E-state index contributed by atoms with van der Waals surface area (Å²) in [4.78, 5) is 26.6. The number of amides is 1. The second kappa shape index (κ2) is 10.5. The Hall–Kier alpha value is -4.46. The van der Waals surface area contributed by atoms with Gasteiger partial charge < -0.3 is 19.3 Å². The van der Waals surface area contributed by atoms with Crippen LogP contribution in [-0.4, -0.2) is 40.5 Å². The van der Waals surface area contributed by atoms with E-state index in [0.29, 0.717) is 49.4 Å². The fourth-order valence-corrected chi connectivity index (χ4v) is 4.87. The van der Waals surface area contributed by atoms with E-state index in [-0.39, 0.29) is 12.5 Å². The van der Waals surface area contributed by atoms with Crippen LogP contribution in [0.2, 0.25) is 0 Å². The highest BCUT2D eigenvalue weighted by Crippen LogP contribution is 2.33. The van der Waals surface area contributed by atoms with E-state index < -0.39 is 5.82 Å². The lowest BCUT2D eigenvalue weighted by atomic mass is 10.0. The van der Waals surface area contributed by atoms with Gasteiger partial charge in [0, 0.05) is 32.1 Å². The lowest BCUT2D eigenvalue weighted by Gasteiger charge is -2.32. The number of rotatable bonds is 6. The van der Waals surface area contributed by atoms with Crippen LogP contribution >= 0.6 is 0 Å². The van der Waals surface area contributed by atoms with E-state index >= 15 is 0 Å². The van der Waals surface area contributed by atoms with Crippen LogP contribution in [0.5, 0.6) is 17.4 Å². The molecule has 2 aliphatic heterocycles. The van der Waals surface area contributed by atoms with E-state index in [1.54, 1.807) is 17.0 Å². The molecule has 0 saturated heterocycles. The summed E-state index contributed by atoms with van der Waals surface area (Å²) >= 11 is 0. The number of para-hydroxylation sites is 1. The van der Waals surface area contributed by atoms with Gasteiger partial charge in [-0.15, -0.1) is 0 Å². The van der Waals surface area contributed by atoms with Crippen molar-refractivity contribution < 1.29 is 18.7 Å². The van der Waals surface area contributed by atoms with E-state index in [0.717, 1.165) is 24.2 Å². The molecule has 0 aliphatic carbocycles. The average Bonchev–Trinajstić information content (AvgIpc) is 2.96. The zero-order chi connectivity index (χ0) is 25.9. The van der Waals surface area contributed by atoms with Crippen molar-refractivity contribution in [3.05, 3.63) is 107 Å². The van der Waals surface area contributed by atoms with Crippen LogP contribution in [0.4, 0.5) is 10.3 Å². The van der Waals surface area contributed by atoms with Crippen LogP contribution in [-0.2, 0) is 30.7 Å². The molecule has 7 nitrogen and oxygen atoms in total. The Morgan fingerprint density at radius 1 is 0.842 bits per heavy atom. The lowest BCUT2D eigenvalue weighted by molar-refractivity contribution is -0.134. The van der Waals surface area contributed by atoms with Gasteiger partial charge in [-0.1, -0.05) is 48.5 Å². The first-order chi connectivity index (χ1) is 18.6. The SMILES string of the molecule is O=C(COc1ccccc1)N1CCc2nc(N3CCc4ccccc4C3)nc(Oc3cccc(F)c3)c2C1. The Kier molecular flexibility index (Phi) is 6.60. The fourth-order valence-electron chi connectivity index (χ4n) is 4.87. The number of aromatic nitrogens is 2. The van der Waals surface area contributed by atoms with Gasteiger partial charge in [-0.25, -0.2) is 9.37 Å². The van der Waals surface area contributed by atoms with Crippen molar-refractivity contribution >= 4 is 11.9 Å². The van der Waals surface area contributed by atoms with Crippen LogP contribution in [0.3, 0.4) is 0 Å². The average molecular weight is 511 g/mol. The number of fused-ring (bicyclic) bond motifs is 2. The van der Waals surface area contributed by atoms with E-state index in [1.807, 2.05) is 36.4 Å². The molecule has 0 radical (unpaired) electrons. The molecule has 1 aromatic heterocycles. The van der Waals surface area contributed by atoms with Crippen LogP contribution in [0, 0.1) is 5.82 Å². The van der Waals surface area contributed by atoms with Gasteiger partial charge >= 0.3 is 0 Å². The number of carbonyl (C=O) groups is 1. The highest BCUT2D eigenvalue weighted by atomic mass is 19.1. The van der Waals surface area contributed by atoms with Crippen LogP contribution < -0.4 is 14.4 Å². The van der Waals surface area contributed by atoms with Crippen molar-refractivity contribution in [2.24, 2.45) is 0 Å². The first-order valence-corrected chi connectivity index (χ1v) is 12.7. The van der Waals surface area contributed by atoms with E-state index in [9.17, 15) is 9.18 Å². The quantitative estimate of drug-likeness (QED) is 0.366. The standard InChI is InChI=1S/C30H27FN4O3/c31-23-9-6-12-25(17-23)38-29-26-19-34(28(36)20-37-24-10-2-1-3-11-24)16-14-27(26)32-30(33-29)35-15-13-21-7-4-5-8-22(21)18-35/h1-12,17H,13-16,18-20H2. The van der Waals surface area contributed by atoms with E-state index in [2.05, 4.69) is 23.1 Å². The molecule has 4 aromatic rings. The summed E-state index contributed by atoms with van der Waals surface area (Å²) in [5, 5.41) is 0. The second-order valence-corrected chi connectivity index (χ2v) is 9.42. The summed E-state index contributed by atoms with van der Waals surface area (Å²) < 4.78 is 25.7. The molecule has 0 fully saturated rings. The minimum absolute atomic E-state index is 0.0639. The van der Waals surface area contributed by atoms with E-state index in [1.165, 1.54) is 23.3 Å². The number of hydrogen-bond acceptors (Lipinski definition) is 6. The Balaban J connectivity index is 1.27. The summed E-state index contributed by atoms with van der Waals surface area (Å²) in [6.45, 7) is 2.24. The molecule has 3 heterocycles. The summed E-state index contributed by atoms with van der Waals surface area (Å²) in [6, 6.07) is 23.6. The number of ether oxygens (including phenoxy) is 2. The third-order valence-corrected chi connectivity index (χ3v) is 6.89. The first kappa shape index (κ1) is 23.9. The maximum atomic E-state index is 13.9. The molecule has 3 aromatic carbocycles. The Bertz CT molecular complexity index is 1460. The maximum absolute atomic E-state index is 13.9. The van der Waals surface area contributed by atoms with Gasteiger partial charge in [-0.3, -0.25) is 4.79 Å². The summed E-state index contributed by atoms with van der Waals surface area (Å²) in [6.07, 6.45) is 1.46. The molecule has 8 heteroatoms. The third-order valence-electron chi connectivity index (χ3n) is 6.89.